The molecule has 0 aliphatic heterocycles. The Hall–Kier alpha value is -0.610. The minimum Gasteiger partial charge on any atom is -0.392 e. The second-order valence-electron chi connectivity index (χ2n) is 4.51. The normalized spacial score (nSPS) is 25.4. The van der Waals surface area contributed by atoms with E-state index in [1.54, 1.807) is 0 Å². The van der Waals surface area contributed by atoms with Crippen molar-refractivity contribution in [3.05, 3.63) is 0 Å². The lowest BCUT2D eigenvalue weighted by molar-refractivity contribution is -0.121. The van der Waals surface area contributed by atoms with Gasteiger partial charge in [-0.3, -0.25) is 4.79 Å². The number of rotatable bonds is 6. The number of nitrogens with one attached hydrogen (secondary N) is 2. The summed E-state index contributed by atoms with van der Waals surface area (Å²) in [5, 5.41) is 15.8. The van der Waals surface area contributed by atoms with Gasteiger partial charge in [-0.1, -0.05) is 19.8 Å². The molecule has 0 bridgehead atoms. The highest BCUT2D eigenvalue weighted by molar-refractivity contribution is 5.75. The first kappa shape index (κ1) is 13.5. The van der Waals surface area contributed by atoms with Gasteiger partial charge in [0.05, 0.1) is 6.10 Å². The van der Waals surface area contributed by atoms with E-state index in [2.05, 4.69) is 10.6 Å². The third-order valence-corrected chi connectivity index (χ3v) is 3.06. The van der Waals surface area contributed by atoms with Gasteiger partial charge in [-0.05, 0) is 19.3 Å². The van der Waals surface area contributed by atoms with E-state index in [0.717, 1.165) is 32.2 Å². The number of hydrogen-bond donors (Lipinski definition) is 3. The van der Waals surface area contributed by atoms with Gasteiger partial charge in [0.1, 0.15) is 0 Å². The van der Waals surface area contributed by atoms with E-state index >= 15 is 0 Å². The zero-order valence-electron chi connectivity index (χ0n) is 10.2. The van der Waals surface area contributed by atoms with E-state index in [4.69, 9.17) is 0 Å². The fourth-order valence-electron chi connectivity index (χ4n) is 2.07. The van der Waals surface area contributed by atoms with Crippen molar-refractivity contribution >= 4 is 5.91 Å². The molecule has 0 aromatic heterocycles. The molecule has 0 aromatic carbocycles. The summed E-state index contributed by atoms with van der Waals surface area (Å²) in [6.07, 6.45) is 5.46. The van der Waals surface area contributed by atoms with Crippen molar-refractivity contribution in [2.75, 3.05) is 13.1 Å². The van der Waals surface area contributed by atoms with Gasteiger partial charge < -0.3 is 15.7 Å². The molecule has 94 valence electrons. The Kier molecular flexibility index (Phi) is 6.42. The number of aliphatic hydroxyl groups excluding tert-OH is 1. The lowest BCUT2D eigenvalue weighted by Crippen LogP contribution is -2.43. The van der Waals surface area contributed by atoms with Crippen LogP contribution in [-0.4, -0.2) is 36.2 Å². The second kappa shape index (κ2) is 7.63. The molecule has 4 heteroatoms. The molecular weight excluding hydrogens is 204 g/mol. The summed E-state index contributed by atoms with van der Waals surface area (Å²) in [5.41, 5.74) is 0. The molecule has 0 aromatic rings. The highest BCUT2D eigenvalue weighted by Crippen LogP contribution is 2.18. The van der Waals surface area contributed by atoms with Crippen LogP contribution in [0, 0.1) is 0 Å². The quantitative estimate of drug-likeness (QED) is 0.630. The molecule has 1 aliphatic rings. The van der Waals surface area contributed by atoms with Gasteiger partial charge in [0, 0.05) is 25.6 Å². The number of aliphatic hydroxyl groups is 1. The number of carbonyl (C=O) groups excluding carboxylic acids is 1. The molecule has 0 radical (unpaired) electrons. The van der Waals surface area contributed by atoms with Crippen LogP contribution in [0.5, 0.6) is 0 Å². The van der Waals surface area contributed by atoms with E-state index in [-0.39, 0.29) is 18.1 Å². The van der Waals surface area contributed by atoms with Crippen molar-refractivity contribution < 1.29 is 9.90 Å². The zero-order valence-corrected chi connectivity index (χ0v) is 10.2. The SMILES string of the molecule is CCCNC(=O)CCN[C@@H]1CCCC[C@H]1O. The highest BCUT2D eigenvalue weighted by Gasteiger charge is 2.22. The van der Waals surface area contributed by atoms with Crippen molar-refractivity contribution in [3.8, 4) is 0 Å². The van der Waals surface area contributed by atoms with E-state index in [9.17, 15) is 9.90 Å². The molecule has 4 nitrogen and oxygen atoms in total. The van der Waals surface area contributed by atoms with Gasteiger partial charge in [0.25, 0.3) is 0 Å². The average molecular weight is 228 g/mol. The Bertz CT molecular complexity index is 209. The summed E-state index contributed by atoms with van der Waals surface area (Å²) in [7, 11) is 0. The molecular formula is C12H24N2O2. The molecule has 16 heavy (non-hydrogen) atoms. The molecule has 1 rings (SSSR count). The Morgan fingerprint density at radius 2 is 2.06 bits per heavy atom. The summed E-state index contributed by atoms with van der Waals surface area (Å²) in [6.45, 7) is 3.46. The molecule has 2 atom stereocenters. The lowest BCUT2D eigenvalue weighted by atomic mass is 9.92. The van der Waals surface area contributed by atoms with E-state index < -0.39 is 0 Å². The maximum atomic E-state index is 11.3. The summed E-state index contributed by atoms with van der Waals surface area (Å²) in [6, 6.07) is 0.188. The fourth-order valence-corrected chi connectivity index (χ4v) is 2.07. The Balaban J connectivity index is 2.07. The summed E-state index contributed by atoms with van der Waals surface area (Å²) in [4.78, 5) is 11.3. The van der Waals surface area contributed by atoms with E-state index in [0.29, 0.717) is 13.0 Å². The average Bonchev–Trinajstić information content (AvgIpc) is 2.29. The predicted octanol–water partition coefficient (Wildman–Crippen LogP) is 0.796. The molecule has 0 unspecified atom stereocenters. The van der Waals surface area contributed by atoms with E-state index in [1.807, 2.05) is 6.92 Å². The largest absolute Gasteiger partial charge is 0.392 e. The topological polar surface area (TPSA) is 61.4 Å². The van der Waals surface area contributed by atoms with E-state index in [1.165, 1.54) is 6.42 Å². The Morgan fingerprint density at radius 3 is 2.75 bits per heavy atom. The molecule has 1 saturated carbocycles. The van der Waals surface area contributed by atoms with Gasteiger partial charge in [0.15, 0.2) is 0 Å². The summed E-state index contributed by atoms with van der Waals surface area (Å²) >= 11 is 0. The van der Waals surface area contributed by atoms with Crippen molar-refractivity contribution in [1.29, 1.82) is 0 Å². The van der Waals surface area contributed by atoms with Crippen LogP contribution in [0.1, 0.15) is 45.4 Å². The second-order valence-corrected chi connectivity index (χ2v) is 4.51. The minimum absolute atomic E-state index is 0.0969. The fraction of sp³-hybridized carbons (Fsp3) is 0.917. The third kappa shape index (κ3) is 4.94. The van der Waals surface area contributed by atoms with Gasteiger partial charge in [-0.2, -0.15) is 0 Å². The van der Waals surface area contributed by atoms with Gasteiger partial charge in [0.2, 0.25) is 5.91 Å². The van der Waals surface area contributed by atoms with Crippen LogP contribution < -0.4 is 10.6 Å². The van der Waals surface area contributed by atoms with Gasteiger partial charge in [-0.15, -0.1) is 0 Å². The Labute approximate surface area is 97.8 Å². The van der Waals surface area contributed by atoms with Crippen LogP contribution in [0.2, 0.25) is 0 Å². The van der Waals surface area contributed by atoms with Crippen LogP contribution in [0.25, 0.3) is 0 Å². The summed E-state index contributed by atoms with van der Waals surface area (Å²) < 4.78 is 0. The number of amides is 1. The maximum absolute atomic E-state index is 11.3. The third-order valence-electron chi connectivity index (χ3n) is 3.06. The highest BCUT2D eigenvalue weighted by atomic mass is 16.3. The first-order valence-corrected chi connectivity index (χ1v) is 6.42. The lowest BCUT2D eigenvalue weighted by Gasteiger charge is -2.28. The van der Waals surface area contributed by atoms with Crippen LogP contribution in [0.15, 0.2) is 0 Å². The first-order valence-electron chi connectivity index (χ1n) is 6.42. The molecule has 1 aliphatic carbocycles. The molecule has 0 heterocycles. The van der Waals surface area contributed by atoms with Crippen molar-refractivity contribution in [1.82, 2.24) is 10.6 Å². The van der Waals surface area contributed by atoms with Gasteiger partial charge in [-0.25, -0.2) is 0 Å². The van der Waals surface area contributed by atoms with Crippen LogP contribution >= 0.6 is 0 Å². The molecule has 0 saturated heterocycles. The smallest absolute Gasteiger partial charge is 0.221 e. The van der Waals surface area contributed by atoms with Crippen LogP contribution in [0.3, 0.4) is 0 Å². The molecule has 1 amide bonds. The van der Waals surface area contributed by atoms with Crippen molar-refractivity contribution in [3.63, 3.8) is 0 Å². The van der Waals surface area contributed by atoms with Crippen LogP contribution in [0.4, 0.5) is 0 Å². The van der Waals surface area contributed by atoms with Crippen LogP contribution in [-0.2, 0) is 4.79 Å². The van der Waals surface area contributed by atoms with Crippen molar-refractivity contribution in [2.45, 2.75) is 57.6 Å². The minimum atomic E-state index is -0.229. The summed E-state index contributed by atoms with van der Waals surface area (Å²) in [5.74, 6) is 0.0969. The molecule has 1 fully saturated rings. The molecule has 3 N–H and O–H groups in total. The Morgan fingerprint density at radius 1 is 1.31 bits per heavy atom. The number of carbonyl (C=O) groups is 1. The monoisotopic (exact) mass is 228 g/mol. The predicted molar refractivity (Wildman–Crippen MR) is 64.2 cm³/mol. The maximum Gasteiger partial charge on any atom is 0.221 e. The zero-order chi connectivity index (χ0) is 11.8. The number of hydrogen-bond acceptors (Lipinski definition) is 3. The molecule has 0 spiro atoms. The first-order chi connectivity index (χ1) is 7.74. The standard InChI is InChI=1S/C12H24N2O2/c1-2-8-14-12(16)7-9-13-10-5-3-4-6-11(10)15/h10-11,13,15H,2-9H2,1H3,(H,14,16)/t10-,11-/m1/s1. The van der Waals surface area contributed by atoms with Gasteiger partial charge >= 0.3 is 0 Å². The van der Waals surface area contributed by atoms with Crippen molar-refractivity contribution in [2.24, 2.45) is 0 Å².